The van der Waals surface area contributed by atoms with E-state index in [1.54, 1.807) is 0 Å². The van der Waals surface area contributed by atoms with Crippen LogP contribution in [0.1, 0.15) is 0 Å². The average Bonchev–Trinajstić information content (AvgIpc) is 2.85. The van der Waals surface area contributed by atoms with Crippen molar-refractivity contribution in [3.05, 3.63) is 27.4 Å². The summed E-state index contributed by atoms with van der Waals surface area (Å²) in [6.07, 6.45) is 0. The van der Waals surface area contributed by atoms with Crippen LogP contribution in [-0.2, 0) is 10.0 Å². The van der Waals surface area contributed by atoms with Crippen molar-refractivity contribution in [2.45, 2.75) is 4.90 Å². The number of nitrogens with one attached hydrogen (secondary N) is 1. The lowest BCUT2D eigenvalue weighted by atomic mass is 10.0. The molecule has 2 aliphatic heterocycles. The molecule has 2 atom stereocenters. The van der Waals surface area contributed by atoms with Gasteiger partial charge in [0.2, 0.25) is 10.0 Å². The second kappa shape index (κ2) is 5.21. The van der Waals surface area contributed by atoms with Gasteiger partial charge in [-0.15, -0.1) is 0 Å². The third-order valence-corrected chi connectivity index (χ3v) is 7.15. The second-order valence-electron chi connectivity index (χ2n) is 5.20. The van der Waals surface area contributed by atoms with Crippen LogP contribution in [0, 0.1) is 17.7 Å². The lowest BCUT2D eigenvalue weighted by molar-refractivity contribution is 0.447. The van der Waals surface area contributed by atoms with Gasteiger partial charge in [0.1, 0.15) is 10.7 Å². The summed E-state index contributed by atoms with van der Waals surface area (Å²) >= 11 is 9.03. The van der Waals surface area contributed by atoms with Gasteiger partial charge < -0.3 is 5.32 Å². The molecule has 2 fully saturated rings. The minimum absolute atomic E-state index is 0.0477. The molecule has 1 aromatic carbocycles. The summed E-state index contributed by atoms with van der Waals surface area (Å²) < 4.78 is 40.2. The van der Waals surface area contributed by atoms with Gasteiger partial charge in [-0.3, -0.25) is 0 Å². The molecular weight excluding hydrogens is 371 g/mol. The summed E-state index contributed by atoms with van der Waals surface area (Å²) in [6, 6.07) is 2.15. The van der Waals surface area contributed by atoms with E-state index in [4.69, 9.17) is 11.6 Å². The Morgan fingerprint density at radius 2 is 1.90 bits per heavy atom. The molecule has 4 nitrogen and oxygen atoms in total. The van der Waals surface area contributed by atoms with Crippen LogP contribution in [0.5, 0.6) is 0 Å². The van der Waals surface area contributed by atoms with Gasteiger partial charge in [-0.25, -0.2) is 12.8 Å². The summed E-state index contributed by atoms with van der Waals surface area (Å²) in [4.78, 5) is -0.0477. The predicted molar refractivity (Wildman–Crippen MR) is 77.7 cm³/mol. The fourth-order valence-electron chi connectivity index (χ4n) is 2.91. The predicted octanol–water partition coefficient (Wildman–Crippen LogP) is 2.08. The van der Waals surface area contributed by atoms with Crippen molar-refractivity contribution in [3.63, 3.8) is 0 Å². The SMILES string of the molecule is O=S(=O)(c1c(Cl)cc(F)cc1Br)N1C[C@H]2CNC[C@H]2C1. The number of rotatable bonds is 2. The van der Waals surface area contributed by atoms with Crippen molar-refractivity contribution < 1.29 is 12.8 Å². The molecule has 0 radical (unpaired) electrons. The van der Waals surface area contributed by atoms with E-state index in [9.17, 15) is 12.8 Å². The maximum Gasteiger partial charge on any atom is 0.245 e. The Balaban J connectivity index is 1.97. The van der Waals surface area contributed by atoms with Crippen molar-refractivity contribution in [1.82, 2.24) is 9.62 Å². The van der Waals surface area contributed by atoms with E-state index in [1.807, 2.05) is 0 Å². The Bertz CT molecular complexity index is 620. The largest absolute Gasteiger partial charge is 0.316 e. The van der Waals surface area contributed by atoms with Gasteiger partial charge >= 0.3 is 0 Å². The maximum atomic E-state index is 13.2. The van der Waals surface area contributed by atoms with Crippen molar-refractivity contribution in [1.29, 1.82) is 0 Å². The van der Waals surface area contributed by atoms with Gasteiger partial charge in [0, 0.05) is 17.6 Å². The standard InChI is InChI=1S/C12H13BrClFN2O2S/c13-10-1-9(15)2-11(14)12(10)20(18,19)17-5-7-3-16-4-8(7)6-17/h1-2,7-8,16H,3-6H2/t7-,8+. The molecular formula is C12H13BrClFN2O2S. The first-order valence-electron chi connectivity index (χ1n) is 6.25. The number of nitrogens with zero attached hydrogens (tertiary/aromatic N) is 1. The Morgan fingerprint density at radius 3 is 2.45 bits per heavy atom. The Kier molecular flexibility index (Phi) is 3.83. The van der Waals surface area contributed by atoms with E-state index in [-0.39, 0.29) is 14.4 Å². The molecule has 0 amide bonds. The topological polar surface area (TPSA) is 49.4 Å². The highest BCUT2D eigenvalue weighted by atomic mass is 79.9. The molecule has 2 aliphatic rings. The third kappa shape index (κ3) is 2.39. The van der Waals surface area contributed by atoms with Gasteiger partial charge in [0.25, 0.3) is 0 Å². The molecule has 1 aromatic rings. The van der Waals surface area contributed by atoms with Gasteiger partial charge in [0.15, 0.2) is 0 Å². The van der Waals surface area contributed by atoms with E-state index >= 15 is 0 Å². The molecule has 0 unspecified atom stereocenters. The first-order chi connectivity index (χ1) is 9.39. The Labute approximate surface area is 130 Å². The van der Waals surface area contributed by atoms with Gasteiger partial charge in [0.05, 0.1) is 5.02 Å². The fourth-order valence-corrected chi connectivity index (χ4v) is 6.22. The minimum atomic E-state index is -3.70. The summed E-state index contributed by atoms with van der Waals surface area (Å²) in [5, 5.41) is 3.17. The molecule has 20 heavy (non-hydrogen) atoms. The zero-order valence-corrected chi connectivity index (χ0v) is 13.6. The molecule has 0 aliphatic carbocycles. The number of halogens is 3. The molecule has 2 saturated heterocycles. The first-order valence-corrected chi connectivity index (χ1v) is 8.86. The summed E-state index contributed by atoms with van der Waals surface area (Å²) in [5.74, 6) is 0.133. The number of fused-ring (bicyclic) bond motifs is 1. The molecule has 0 saturated carbocycles. The quantitative estimate of drug-likeness (QED) is 0.851. The molecule has 8 heteroatoms. The smallest absolute Gasteiger partial charge is 0.245 e. The van der Waals surface area contributed by atoms with Crippen LogP contribution < -0.4 is 5.32 Å². The van der Waals surface area contributed by atoms with Crippen molar-refractivity contribution in [2.75, 3.05) is 26.2 Å². The van der Waals surface area contributed by atoms with Crippen molar-refractivity contribution in [3.8, 4) is 0 Å². The molecule has 3 rings (SSSR count). The van der Waals surface area contributed by atoms with E-state index in [0.29, 0.717) is 24.9 Å². The number of hydrogen-bond donors (Lipinski definition) is 1. The normalized spacial score (nSPS) is 26.9. The van der Waals surface area contributed by atoms with Crippen LogP contribution in [0.25, 0.3) is 0 Å². The number of benzene rings is 1. The van der Waals surface area contributed by atoms with Crippen molar-refractivity contribution in [2.24, 2.45) is 11.8 Å². The zero-order valence-electron chi connectivity index (χ0n) is 10.4. The Hall–Kier alpha value is -0.210. The third-order valence-electron chi connectivity index (χ3n) is 3.92. The lowest BCUT2D eigenvalue weighted by Gasteiger charge is -2.19. The molecule has 0 aromatic heterocycles. The monoisotopic (exact) mass is 382 g/mol. The zero-order chi connectivity index (χ0) is 14.5. The average molecular weight is 384 g/mol. The maximum absolute atomic E-state index is 13.2. The highest BCUT2D eigenvalue weighted by Gasteiger charge is 2.42. The van der Waals surface area contributed by atoms with Gasteiger partial charge in [-0.1, -0.05) is 11.6 Å². The lowest BCUT2D eigenvalue weighted by Crippen LogP contribution is -2.32. The van der Waals surface area contributed by atoms with Crippen LogP contribution in [0.4, 0.5) is 4.39 Å². The molecule has 2 heterocycles. The molecule has 110 valence electrons. The van der Waals surface area contributed by atoms with Gasteiger partial charge in [-0.2, -0.15) is 4.31 Å². The molecule has 1 N–H and O–H groups in total. The van der Waals surface area contributed by atoms with Crippen LogP contribution in [0.15, 0.2) is 21.5 Å². The van der Waals surface area contributed by atoms with Crippen LogP contribution in [-0.4, -0.2) is 38.9 Å². The summed E-state index contributed by atoms with van der Waals surface area (Å²) in [7, 11) is -3.70. The van der Waals surface area contributed by atoms with E-state index in [1.165, 1.54) is 4.31 Å². The minimum Gasteiger partial charge on any atom is -0.316 e. The van der Waals surface area contributed by atoms with Gasteiger partial charge in [-0.05, 0) is 53.0 Å². The second-order valence-corrected chi connectivity index (χ2v) is 8.34. The van der Waals surface area contributed by atoms with Crippen LogP contribution in [0.2, 0.25) is 5.02 Å². The van der Waals surface area contributed by atoms with E-state index < -0.39 is 15.8 Å². The molecule has 0 bridgehead atoms. The number of sulfonamides is 1. The first kappa shape index (κ1) is 14.7. The van der Waals surface area contributed by atoms with Crippen LogP contribution >= 0.6 is 27.5 Å². The summed E-state index contributed by atoms with van der Waals surface area (Å²) in [5.41, 5.74) is 0. The highest BCUT2D eigenvalue weighted by molar-refractivity contribution is 9.10. The summed E-state index contributed by atoms with van der Waals surface area (Å²) in [6.45, 7) is 2.66. The van der Waals surface area contributed by atoms with Crippen LogP contribution in [0.3, 0.4) is 0 Å². The molecule has 0 spiro atoms. The fraction of sp³-hybridized carbons (Fsp3) is 0.500. The highest BCUT2D eigenvalue weighted by Crippen LogP contribution is 2.36. The van der Waals surface area contributed by atoms with E-state index in [2.05, 4.69) is 21.2 Å². The number of hydrogen-bond acceptors (Lipinski definition) is 3. The van der Waals surface area contributed by atoms with E-state index in [0.717, 1.165) is 25.2 Å². The van der Waals surface area contributed by atoms with Crippen molar-refractivity contribution >= 4 is 37.6 Å². The Morgan fingerprint density at radius 1 is 1.30 bits per heavy atom.